The number of hydrogen-bond donors (Lipinski definition) is 1. The highest BCUT2D eigenvalue weighted by Crippen LogP contribution is 2.23. The molecule has 3 nitrogen and oxygen atoms in total. The quantitative estimate of drug-likeness (QED) is 0.886. The molecule has 0 fully saturated rings. The summed E-state index contributed by atoms with van der Waals surface area (Å²) in [5.74, 6) is -1.59. The van der Waals surface area contributed by atoms with Crippen LogP contribution in [-0.4, -0.2) is 16.3 Å². The van der Waals surface area contributed by atoms with Crippen LogP contribution >= 0.6 is 0 Å². The molecule has 21 heavy (non-hydrogen) atoms. The van der Waals surface area contributed by atoms with Crippen LogP contribution in [0.25, 0.3) is 0 Å². The fourth-order valence-electron chi connectivity index (χ4n) is 2.47. The van der Waals surface area contributed by atoms with E-state index in [0.29, 0.717) is 18.5 Å². The van der Waals surface area contributed by atoms with Gasteiger partial charge >= 0.3 is 0 Å². The Morgan fingerprint density at radius 1 is 1.29 bits per heavy atom. The Balaban J connectivity index is 2.30. The van der Waals surface area contributed by atoms with E-state index in [1.54, 1.807) is 16.8 Å². The van der Waals surface area contributed by atoms with Crippen LogP contribution in [0.15, 0.2) is 24.3 Å². The van der Waals surface area contributed by atoms with Crippen LogP contribution in [0.3, 0.4) is 0 Å². The number of halogens is 2. The minimum atomic E-state index is -0.811. The molecule has 0 radical (unpaired) electrons. The van der Waals surface area contributed by atoms with Crippen molar-refractivity contribution in [2.75, 3.05) is 6.54 Å². The highest BCUT2D eigenvalue weighted by atomic mass is 19.2. The Kier molecular flexibility index (Phi) is 5.07. The van der Waals surface area contributed by atoms with E-state index in [1.165, 1.54) is 0 Å². The van der Waals surface area contributed by atoms with Gasteiger partial charge in [0.2, 0.25) is 0 Å². The van der Waals surface area contributed by atoms with E-state index in [9.17, 15) is 8.78 Å². The van der Waals surface area contributed by atoms with Gasteiger partial charge in [-0.05, 0) is 25.1 Å². The molecule has 1 N–H and O–H groups in total. The average Bonchev–Trinajstić information content (AvgIpc) is 2.82. The standard InChI is InChI=1S/C16H21F2N3/c1-4-11-9-12(21(3)20-11)10-15(19-5-2)13-7-6-8-14(17)16(13)18/h6-9,15,19H,4-5,10H2,1-3H3. The molecule has 0 bridgehead atoms. The molecule has 5 heteroatoms. The number of aromatic nitrogens is 2. The highest BCUT2D eigenvalue weighted by Gasteiger charge is 2.19. The number of nitrogens with zero attached hydrogens (tertiary/aromatic N) is 2. The van der Waals surface area contributed by atoms with Crippen LogP contribution in [0, 0.1) is 11.6 Å². The molecule has 1 aromatic heterocycles. The van der Waals surface area contributed by atoms with Crippen LogP contribution < -0.4 is 5.32 Å². The molecule has 2 aromatic rings. The van der Waals surface area contributed by atoms with Crippen molar-refractivity contribution in [2.24, 2.45) is 7.05 Å². The summed E-state index contributed by atoms with van der Waals surface area (Å²) in [4.78, 5) is 0. The lowest BCUT2D eigenvalue weighted by Gasteiger charge is -2.19. The summed E-state index contributed by atoms with van der Waals surface area (Å²) in [7, 11) is 1.87. The van der Waals surface area contributed by atoms with Crippen molar-refractivity contribution in [1.82, 2.24) is 15.1 Å². The molecule has 1 aromatic carbocycles. The van der Waals surface area contributed by atoms with Crippen molar-refractivity contribution in [3.05, 3.63) is 52.9 Å². The van der Waals surface area contributed by atoms with Crippen molar-refractivity contribution in [2.45, 2.75) is 32.7 Å². The summed E-state index contributed by atoms with van der Waals surface area (Å²) in [5.41, 5.74) is 2.36. The number of benzene rings is 1. The second kappa shape index (κ2) is 6.80. The molecular weight excluding hydrogens is 272 g/mol. The van der Waals surface area contributed by atoms with E-state index in [-0.39, 0.29) is 6.04 Å². The maximum Gasteiger partial charge on any atom is 0.163 e. The molecule has 1 unspecified atom stereocenters. The van der Waals surface area contributed by atoms with Gasteiger partial charge < -0.3 is 5.32 Å². The van der Waals surface area contributed by atoms with Gasteiger partial charge in [0, 0.05) is 30.8 Å². The molecule has 1 atom stereocenters. The molecule has 114 valence electrons. The molecule has 0 saturated heterocycles. The monoisotopic (exact) mass is 293 g/mol. The molecule has 1 heterocycles. The third-order valence-corrected chi connectivity index (χ3v) is 3.61. The van der Waals surface area contributed by atoms with Gasteiger partial charge in [0.1, 0.15) is 0 Å². The SMILES string of the molecule is CCNC(Cc1cc(CC)nn1C)c1cccc(F)c1F. The van der Waals surface area contributed by atoms with Gasteiger partial charge in [0.05, 0.1) is 5.69 Å². The van der Waals surface area contributed by atoms with E-state index < -0.39 is 11.6 Å². The van der Waals surface area contributed by atoms with Crippen LogP contribution in [-0.2, 0) is 19.9 Å². The molecular formula is C16H21F2N3. The fraction of sp³-hybridized carbons (Fsp3) is 0.438. The minimum absolute atomic E-state index is 0.272. The predicted octanol–water partition coefficient (Wildman–Crippen LogP) is 3.15. The van der Waals surface area contributed by atoms with Crippen LogP contribution in [0.2, 0.25) is 0 Å². The Labute approximate surface area is 124 Å². The van der Waals surface area contributed by atoms with Crippen molar-refractivity contribution < 1.29 is 8.78 Å². The summed E-state index contributed by atoms with van der Waals surface area (Å²) in [6.07, 6.45) is 1.42. The van der Waals surface area contributed by atoms with E-state index in [1.807, 2.05) is 27.0 Å². The van der Waals surface area contributed by atoms with Crippen LogP contribution in [0.5, 0.6) is 0 Å². The second-order valence-electron chi connectivity index (χ2n) is 5.06. The Morgan fingerprint density at radius 2 is 2.05 bits per heavy atom. The first kappa shape index (κ1) is 15.6. The lowest BCUT2D eigenvalue weighted by atomic mass is 10.0. The summed E-state index contributed by atoms with van der Waals surface area (Å²) in [6, 6.07) is 6.05. The van der Waals surface area contributed by atoms with Crippen LogP contribution in [0.1, 0.15) is 36.8 Å². The van der Waals surface area contributed by atoms with Gasteiger partial charge in [0.25, 0.3) is 0 Å². The van der Waals surface area contributed by atoms with E-state index >= 15 is 0 Å². The predicted molar refractivity (Wildman–Crippen MR) is 79.1 cm³/mol. The third kappa shape index (κ3) is 3.47. The molecule has 0 aliphatic carbocycles. The molecule has 0 aliphatic rings. The van der Waals surface area contributed by atoms with Gasteiger partial charge in [-0.3, -0.25) is 4.68 Å². The summed E-state index contributed by atoms with van der Waals surface area (Å²) in [5, 5.41) is 7.62. The fourth-order valence-corrected chi connectivity index (χ4v) is 2.47. The molecule has 0 aliphatic heterocycles. The van der Waals surface area contributed by atoms with Crippen molar-refractivity contribution in [1.29, 1.82) is 0 Å². The van der Waals surface area contributed by atoms with Gasteiger partial charge in [-0.25, -0.2) is 8.78 Å². The Hall–Kier alpha value is -1.75. The summed E-state index contributed by atoms with van der Waals surface area (Å²) in [6.45, 7) is 4.67. The first-order valence-electron chi connectivity index (χ1n) is 7.25. The first-order chi connectivity index (χ1) is 10.1. The van der Waals surface area contributed by atoms with E-state index in [4.69, 9.17) is 0 Å². The van der Waals surface area contributed by atoms with E-state index in [2.05, 4.69) is 10.4 Å². The number of likely N-dealkylation sites (N-methyl/N-ethyl adjacent to an activating group) is 1. The van der Waals surface area contributed by atoms with Gasteiger partial charge in [-0.2, -0.15) is 5.10 Å². The molecule has 0 saturated carbocycles. The van der Waals surface area contributed by atoms with Crippen molar-refractivity contribution in [3.8, 4) is 0 Å². The lowest BCUT2D eigenvalue weighted by Crippen LogP contribution is -2.25. The normalized spacial score (nSPS) is 12.6. The van der Waals surface area contributed by atoms with Crippen molar-refractivity contribution in [3.63, 3.8) is 0 Å². The van der Waals surface area contributed by atoms with Gasteiger partial charge in [-0.1, -0.05) is 26.0 Å². The lowest BCUT2D eigenvalue weighted by molar-refractivity contribution is 0.459. The topological polar surface area (TPSA) is 29.9 Å². The number of hydrogen-bond acceptors (Lipinski definition) is 2. The molecule has 2 rings (SSSR count). The Bertz CT molecular complexity index is 608. The zero-order valence-corrected chi connectivity index (χ0v) is 12.7. The largest absolute Gasteiger partial charge is 0.310 e. The van der Waals surface area contributed by atoms with Gasteiger partial charge in [0.15, 0.2) is 11.6 Å². The van der Waals surface area contributed by atoms with Crippen LogP contribution in [0.4, 0.5) is 8.78 Å². The number of nitrogens with one attached hydrogen (secondary N) is 1. The maximum atomic E-state index is 14.0. The van der Waals surface area contributed by atoms with Gasteiger partial charge in [-0.15, -0.1) is 0 Å². The molecule has 0 spiro atoms. The third-order valence-electron chi connectivity index (χ3n) is 3.61. The second-order valence-corrected chi connectivity index (χ2v) is 5.06. The smallest absolute Gasteiger partial charge is 0.163 e. The number of aryl methyl sites for hydroxylation is 2. The minimum Gasteiger partial charge on any atom is -0.310 e. The zero-order valence-electron chi connectivity index (χ0n) is 12.7. The summed E-state index contributed by atoms with van der Waals surface area (Å²) >= 11 is 0. The first-order valence-corrected chi connectivity index (χ1v) is 7.25. The number of rotatable bonds is 6. The zero-order chi connectivity index (χ0) is 15.4. The van der Waals surface area contributed by atoms with Crippen molar-refractivity contribution >= 4 is 0 Å². The Morgan fingerprint density at radius 3 is 2.67 bits per heavy atom. The molecule has 0 amide bonds. The maximum absolute atomic E-state index is 14.0. The highest BCUT2D eigenvalue weighted by molar-refractivity contribution is 5.25. The average molecular weight is 293 g/mol. The summed E-state index contributed by atoms with van der Waals surface area (Å²) < 4.78 is 29.3. The van der Waals surface area contributed by atoms with E-state index in [0.717, 1.165) is 23.9 Å².